The van der Waals surface area contributed by atoms with Gasteiger partial charge in [-0.05, 0) is 54.1 Å². The van der Waals surface area contributed by atoms with E-state index in [0.29, 0.717) is 17.0 Å². The van der Waals surface area contributed by atoms with Crippen LogP contribution < -0.4 is 9.64 Å². The molecule has 2 heterocycles. The average Bonchev–Trinajstić information content (AvgIpc) is 3.09. The molecule has 6 heteroatoms. The van der Waals surface area contributed by atoms with Crippen LogP contribution in [-0.2, 0) is 10.2 Å². The van der Waals surface area contributed by atoms with E-state index in [0.717, 1.165) is 38.0 Å². The summed E-state index contributed by atoms with van der Waals surface area (Å²) in [5.74, 6) is -0.0264. The maximum Gasteiger partial charge on any atom is 0.341 e. The number of nitrogens with zero attached hydrogens (tertiary/aromatic N) is 2. The third-order valence-corrected chi connectivity index (χ3v) is 8.20. The predicted octanol–water partition coefficient (Wildman–Crippen LogP) is 6.61. The summed E-state index contributed by atoms with van der Waals surface area (Å²) >= 11 is 5.84. The molecule has 1 unspecified atom stereocenters. The van der Waals surface area contributed by atoms with E-state index in [1.807, 2.05) is 73.9 Å². The Bertz CT molecular complexity index is 1630. The summed E-state index contributed by atoms with van der Waals surface area (Å²) in [6.07, 6.45) is 1.87. The van der Waals surface area contributed by atoms with Crippen LogP contribution in [0.25, 0.3) is 10.8 Å². The zero-order valence-corrected chi connectivity index (χ0v) is 21.9. The first-order valence-electron chi connectivity index (χ1n) is 12.1. The highest BCUT2D eigenvalue weighted by Gasteiger charge is 2.59. The van der Waals surface area contributed by atoms with Crippen molar-refractivity contribution in [3.05, 3.63) is 101 Å². The molecule has 0 aliphatic carbocycles. The van der Waals surface area contributed by atoms with Gasteiger partial charge in [0.05, 0.1) is 23.6 Å². The largest absolute Gasteiger partial charge is 0.465 e. The number of hydrogen-bond acceptors (Lipinski definition) is 6. The summed E-state index contributed by atoms with van der Waals surface area (Å²) in [5, 5.41) is 1.82. The first-order valence-corrected chi connectivity index (χ1v) is 12.6. The minimum atomic E-state index is -0.958. The molecule has 5 nitrogen and oxygen atoms in total. The monoisotopic (exact) mass is 506 g/mol. The highest BCUT2D eigenvalue weighted by Crippen LogP contribution is 2.55. The van der Waals surface area contributed by atoms with E-state index >= 15 is 0 Å². The van der Waals surface area contributed by atoms with Crippen LogP contribution in [0.3, 0.4) is 0 Å². The molecule has 0 saturated carbocycles. The molecule has 0 amide bonds. The number of likely N-dealkylation sites (N-methyl/N-ethyl adjacent to an activating group) is 1. The van der Waals surface area contributed by atoms with Gasteiger partial charge in [-0.3, -0.25) is 4.99 Å². The lowest BCUT2D eigenvalue weighted by Gasteiger charge is -2.45. The minimum Gasteiger partial charge on any atom is -0.465 e. The van der Waals surface area contributed by atoms with Crippen molar-refractivity contribution in [1.82, 2.24) is 0 Å². The molecule has 0 fully saturated rings. The zero-order valence-electron chi connectivity index (χ0n) is 21.1. The van der Waals surface area contributed by atoms with Gasteiger partial charge in [-0.1, -0.05) is 72.9 Å². The molecule has 0 aromatic heterocycles. The number of fused-ring (bicyclic) bond motifs is 4. The van der Waals surface area contributed by atoms with Crippen LogP contribution in [0, 0.1) is 0 Å². The number of ether oxygens (including phenoxy) is 2. The molecule has 0 N–H and O–H groups in total. The van der Waals surface area contributed by atoms with Crippen molar-refractivity contribution < 1.29 is 14.3 Å². The van der Waals surface area contributed by atoms with Crippen molar-refractivity contribution in [3.8, 4) is 5.75 Å². The molecule has 37 heavy (non-hydrogen) atoms. The maximum atomic E-state index is 12.9. The summed E-state index contributed by atoms with van der Waals surface area (Å²) in [5.41, 5.74) is 3.62. The number of carbonyl (C=O) groups is 1. The smallest absolute Gasteiger partial charge is 0.341 e. The van der Waals surface area contributed by atoms with Crippen molar-refractivity contribution in [2.75, 3.05) is 19.1 Å². The Hall–Kier alpha value is -4.03. The molecule has 4 aromatic carbocycles. The van der Waals surface area contributed by atoms with Crippen LogP contribution in [0.5, 0.6) is 5.75 Å². The lowest BCUT2D eigenvalue weighted by Crippen LogP contribution is -2.61. The maximum absolute atomic E-state index is 12.9. The molecule has 1 atom stereocenters. The van der Waals surface area contributed by atoms with Gasteiger partial charge in [0.2, 0.25) is 5.72 Å². The lowest BCUT2D eigenvalue weighted by molar-refractivity contribution is 0.0563. The van der Waals surface area contributed by atoms with Gasteiger partial charge < -0.3 is 14.4 Å². The van der Waals surface area contributed by atoms with Gasteiger partial charge in [0, 0.05) is 18.1 Å². The molecule has 0 radical (unpaired) electrons. The fourth-order valence-corrected chi connectivity index (χ4v) is 5.86. The Morgan fingerprint density at radius 3 is 2.46 bits per heavy atom. The van der Waals surface area contributed by atoms with Gasteiger partial charge in [0.15, 0.2) is 5.75 Å². The number of aliphatic imine (C=N–C) groups is 1. The van der Waals surface area contributed by atoms with Gasteiger partial charge in [0.1, 0.15) is 11.3 Å². The van der Waals surface area contributed by atoms with Gasteiger partial charge in [0.25, 0.3) is 0 Å². The number of rotatable bonds is 3. The van der Waals surface area contributed by atoms with Crippen molar-refractivity contribution >= 4 is 51.4 Å². The van der Waals surface area contributed by atoms with Crippen LogP contribution in [0.2, 0.25) is 0 Å². The van der Waals surface area contributed by atoms with E-state index < -0.39 is 17.1 Å². The van der Waals surface area contributed by atoms with E-state index in [1.165, 1.54) is 7.11 Å². The summed E-state index contributed by atoms with van der Waals surface area (Å²) in [6.45, 7) is 4.28. The number of hydrogen-bond donors (Lipinski definition) is 0. The fraction of sp³-hybridized carbons (Fsp3) is 0.194. The van der Waals surface area contributed by atoms with Crippen molar-refractivity contribution in [1.29, 1.82) is 0 Å². The Morgan fingerprint density at radius 1 is 0.973 bits per heavy atom. The molecule has 0 saturated heterocycles. The number of methoxy groups -OCH3 is 1. The number of anilines is 1. The van der Waals surface area contributed by atoms with Gasteiger partial charge in [-0.2, -0.15) is 0 Å². The molecule has 2 aliphatic rings. The van der Waals surface area contributed by atoms with E-state index in [9.17, 15) is 4.79 Å². The van der Waals surface area contributed by atoms with Gasteiger partial charge >= 0.3 is 5.97 Å². The zero-order chi connectivity index (χ0) is 25.9. The Kier molecular flexibility index (Phi) is 5.21. The van der Waals surface area contributed by atoms with Gasteiger partial charge in [-0.15, -0.1) is 0 Å². The number of esters is 1. The normalized spacial score (nSPS) is 18.9. The predicted molar refractivity (Wildman–Crippen MR) is 152 cm³/mol. The van der Waals surface area contributed by atoms with Crippen molar-refractivity contribution in [2.45, 2.75) is 25.0 Å². The molecule has 6 rings (SSSR count). The molecule has 4 aromatic rings. The fourth-order valence-electron chi connectivity index (χ4n) is 5.60. The molecule has 1 spiro atoms. The lowest BCUT2D eigenvalue weighted by atomic mass is 9.77. The van der Waals surface area contributed by atoms with Crippen LogP contribution >= 0.6 is 12.2 Å². The summed E-state index contributed by atoms with van der Waals surface area (Å²) in [7, 11) is 3.38. The molecular weight excluding hydrogens is 480 g/mol. The van der Waals surface area contributed by atoms with Gasteiger partial charge in [-0.25, -0.2) is 4.79 Å². The van der Waals surface area contributed by atoms with E-state index in [-0.39, 0.29) is 0 Å². The number of carbonyl (C=O) groups excluding carboxylic acids is 1. The van der Waals surface area contributed by atoms with E-state index in [4.69, 9.17) is 26.7 Å². The van der Waals surface area contributed by atoms with Crippen molar-refractivity contribution in [2.24, 2.45) is 4.99 Å². The second-order valence-electron chi connectivity index (χ2n) is 9.98. The molecule has 2 aliphatic heterocycles. The van der Waals surface area contributed by atoms with Crippen LogP contribution in [0.15, 0.2) is 83.9 Å². The summed E-state index contributed by atoms with van der Waals surface area (Å²) < 4.78 is 12.0. The SMILES string of the molecule is COC(=O)c1cc2ccccc2c2c1OC1(C=N2)N(C)c2ccc(C(=S)c3ccccc3)cc2C1(C)C. The Balaban J connectivity index is 1.50. The quantitative estimate of drug-likeness (QED) is 0.178. The first kappa shape index (κ1) is 23.4. The Labute approximate surface area is 221 Å². The van der Waals surface area contributed by atoms with Crippen LogP contribution in [-0.4, -0.2) is 36.9 Å². The molecular formula is C31H26N2O3S. The van der Waals surface area contributed by atoms with Crippen LogP contribution in [0.4, 0.5) is 11.4 Å². The highest BCUT2D eigenvalue weighted by atomic mass is 32.1. The van der Waals surface area contributed by atoms with Crippen LogP contribution in [0.1, 0.15) is 40.9 Å². The van der Waals surface area contributed by atoms with E-state index in [2.05, 4.69) is 36.9 Å². The second-order valence-corrected chi connectivity index (χ2v) is 10.4. The van der Waals surface area contributed by atoms with E-state index in [1.54, 1.807) is 0 Å². The number of benzene rings is 4. The summed E-state index contributed by atoms with van der Waals surface area (Å²) in [6, 6.07) is 26.0. The Morgan fingerprint density at radius 2 is 1.70 bits per heavy atom. The third kappa shape index (κ3) is 3.25. The van der Waals surface area contributed by atoms with Crippen molar-refractivity contribution in [3.63, 3.8) is 0 Å². The second kappa shape index (κ2) is 8.25. The standard InChI is InChI=1S/C31H26N2O3S/c1-30(2)24-17-21(28(37)19-10-6-5-7-11-19)14-15-25(24)33(3)31(30)18-32-26-22-13-9-8-12-20(22)16-23(27(26)36-31)29(34)35-4/h5-18H,1-4H3. The minimum absolute atomic E-state index is 0.360. The molecule has 184 valence electrons. The first-order chi connectivity index (χ1) is 17.8. The summed E-state index contributed by atoms with van der Waals surface area (Å²) in [4.78, 5) is 20.7. The average molecular weight is 507 g/mol. The topological polar surface area (TPSA) is 51.1 Å². The highest BCUT2D eigenvalue weighted by molar-refractivity contribution is 7.81. The third-order valence-electron chi connectivity index (χ3n) is 7.73. The molecule has 0 bridgehead atoms. The number of thiocarbonyl (C=S) groups is 1.